The first-order valence-corrected chi connectivity index (χ1v) is 10.5. The Morgan fingerprint density at radius 2 is 1.67 bits per heavy atom. The quantitative estimate of drug-likeness (QED) is 0.340. The van der Waals surface area contributed by atoms with E-state index in [1.807, 2.05) is 12.1 Å². The van der Waals surface area contributed by atoms with E-state index in [2.05, 4.69) is 5.10 Å². The number of hydrogen-bond acceptors (Lipinski definition) is 6. The molecule has 3 aromatic carbocycles. The molecule has 0 unspecified atom stereocenters. The molecule has 4 rings (SSSR count). The summed E-state index contributed by atoms with van der Waals surface area (Å²) < 4.78 is 17.4. The standard InChI is InChI=1S/C24H18Cl2N2O5/c1-31-16-9-10-20-17(12-16)22(33-24(30)21-18(25)7-4-8-19(21)26)27-28(20)13-14-5-3-6-15(11-14)23(29)32-2/h3-12H,13H2,1-2H3. The molecule has 0 atom stereocenters. The van der Waals surface area contributed by atoms with Crippen molar-refractivity contribution in [3.63, 3.8) is 0 Å². The second-order valence-electron chi connectivity index (χ2n) is 7.02. The normalized spacial score (nSPS) is 10.8. The molecule has 1 heterocycles. The number of aromatic nitrogens is 2. The molecular weight excluding hydrogens is 467 g/mol. The molecule has 0 radical (unpaired) electrons. The predicted molar refractivity (Wildman–Crippen MR) is 125 cm³/mol. The van der Waals surface area contributed by atoms with Crippen molar-refractivity contribution in [3.8, 4) is 11.6 Å². The number of hydrogen-bond donors (Lipinski definition) is 0. The number of halogens is 2. The molecule has 0 N–H and O–H groups in total. The number of rotatable bonds is 6. The van der Waals surface area contributed by atoms with Gasteiger partial charge in [-0.25, -0.2) is 9.59 Å². The summed E-state index contributed by atoms with van der Waals surface area (Å²) >= 11 is 12.3. The van der Waals surface area contributed by atoms with Gasteiger partial charge in [-0.3, -0.25) is 4.68 Å². The van der Waals surface area contributed by atoms with Crippen molar-refractivity contribution in [1.29, 1.82) is 0 Å². The van der Waals surface area contributed by atoms with Crippen LogP contribution >= 0.6 is 23.2 Å². The molecule has 0 saturated heterocycles. The molecule has 0 fully saturated rings. The van der Waals surface area contributed by atoms with Crippen LogP contribution in [0.25, 0.3) is 10.9 Å². The van der Waals surface area contributed by atoms with E-state index in [9.17, 15) is 9.59 Å². The van der Waals surface area contributed by atoms with Crippen LogP contribution in [0.2, 0.25) is 10.0 Å². The number of ether oxygens (including phenoxy) is 3. The highest BCUT2D eigenvalue weighted by molar-refractivity contribution is 6.39. The van der Waals surface area contributed by atoms with Gasteiger partial charge in [0.05, 0.1) is 52.8 Å². The summed E-state index contributed by atoms with van der Waals surface area (Å²) in [7, 11) is 2.87. The Kier molecular flexibility index (Phi) is 6.53. The Hall–Kier alpha value is -3.55. The SMILES string of the molecule is COC(=O)c1cccc(Cn2nc(OC(=O)c3c(Cl)cccc3Cl)c3cc(OC)ccc32)c1. The van der Waals surface area contributed by atoms with Crippen molar-refractivity contribution < 1.29 is 23.8 Å². The molecule has 7 nitrogen and oxygen atoms in total. The van der Waals surface area contributed by atoms with Crippen LogP contribution < -0.4 is 9.47 Å². The van der Waals surface area contributed by atoms with Gasteiger partial charge >= 0.3 is 11.9 Å². The molecule has 0 saturated carbocycles. The maximum atomic E-state index is 12.9. The lowest BCUT2D eigenvalue weighted by atomic mass is 10.1. The topological polar surface area (TPSA) is 79.7 Å². The van der Waals surface area contributed by atoms with Crippen LogP contribution in [0.4, 0.5) is 0 Å². The number of nitrogens with zero attached hydrogens (tertiary/aromatic N) is 2. The zero-order valence-corrected chi connectivity index (χ0v) is 19.2. The van der Waals surface area contributed by atoms with Gasteiger partial charge in [0.1, 0.15) is 5.75 Å². The molecule has 168 valence electrons. The Morgan fingerprint density at radius 3 is 2.36 bits per heavy atom. The van der Waals surface area contributed by atoms with E-state index in [0.717, 1.165) is 5.56 Å². The van der Waals surface area contributed by atoms with Crippen molar-refractivity contribution in [1.82, 2.24) is 9.78 Å². The Balaban J connectivity index is 1.74. The largest absolute Gasteiger partial charge is 0.497 e. The molecule has 0 spiro atoms. The fourth-order valence-corrected chi connectivity index (χ4v) is 3.92. The van der Waals surface area contributed by atoms with E-state index >= 15 is 0 Å². The van der Waals surface area contributed by atoms with E-state index in [-0.39, 0.29) is 21.5 Å². The third kappa shape index (κ3) is 4.65. The highest BCUT2D eigenvalue weighted by Gasteiger charge is 2.21. The van der Waals surface area contributed by atoms with Gasteiger partial charge in [-0.2, -0.15) is 0 Å². The average molecular weight is 485 g/mol. The molecule has 33 heavy (non-hydrogen) atoms. The number of methoxy groups -OCH3 is 2. The van der Waals surface area contributed by atoms with Crippen LogP contribution in [0.1, 0.15) is 26.3 Å². The molecular formula is C24H18Cl2N2O5. The van der Waals surface area contributed by atoms with Crippen molar-refractivity contribution in [3.05, 3.63) is 87.4 Å². The van der Waals surface area contributed by atoms with E-state index in [4.69, 9.17) is 37.4 Å². The van der Waals surface area contributed by atoms with Gasteiger partial charge in [-0.15, -0.1) is 5.10 Å². The minimum atomic E-state index is -0.729. The summed E-state index contributed by atoms with van der Waals surface area (Å²) in [4.78, 5) is 24.7. The first-order chi connectivity index (χ1) is 15.9. The number of carbonyl (C=O) groups is 2. The molecule has 0 bridgehead atoms. The maximum Gasteiger partial charge on any atom is 0.347 e. The van der Waals surface area contributed by atoms with Gasteiger partial charge in [-0.05, 0) is 48.0 Å². The molecule has 9 heteroatoms. The van der Waals surface area contributed by atoms with Gasteiger partial charge < -0.3 is 14.2 Å². The van der Waals surface area contributed by atoms with Gasteiger partial charge in [0.2, 0.25) is 5.88 Å². The summed E-state index contributed by atoms with van der Waals surface area (Å²) in [6.45, 7) is 0.318. The van der Waals surface area contributed by atoms with E-state index in [1.54, 1.807) is 60.3 Å². The van der Waals surface area contributed by atoms with Gasteiger partial charge in [0.15, 0.2) is 0 Å². The van der Waals surface area contributed by atoms with Crippen LogP contribution in [0.5, 0.6) is 11.6 Å². The zero-order valence-electron chi connectivity index (χ0n) is 17.7. The highest BCUT2D eigenvalue weighted by atomic mass is 35.5. The lowest BCUT2D eigenvalue weighted by molar-refractivity contribution is 0.0600. The summed E-state index contributed by atoms with van der Waals surface area (Å²) in [6, 6.07) is 17.1. The Bertz CT molecular complexity index is 1350. The van der Waals surface area contributed by atoms with Crippen LogP contribution in [0.3, 0.4) is 0 Å². The molecule has 0 amide bonds. The number of benzene rings is 3. The van der Waals surface area contributed by atoms with Gasteiger partial charge in [0, 0.05) is 0 Å². The molecule has 1 aromatic heterocycles. The van der Waals surface area contributed by atoms with E-state index in [1.165, 1.54) is 7.11 Å². The summed E-state index contributed by atoms with van der Waals surface area (Å²) in [6.07, 6.45) is 0. The minimum absolute atomic E-state index is 0.0530. The lowest BCUT2D eigenvalue weighted by Gasteiger charge is -2.06. The van der Waals surface area contributed by atoms with Gasteiger partial charge in [-0.1, -0.05) is 41.4 Å². The molecule has 0 aliphatic carbocycles. The monoisotopic (exact) mass is 484 g/mol. The molecule has 0 aliphatic heterocycles. The number of carbonyl (C=O) groups excluding carboxylic acids is 2. The fraction of sp³-hybridized carbons (Fsp3) is 0.125. The summed E-state index contributed by atoms with van der Waals surface area (Å²) in [5, 5.41) is 5.41. The predicted octanol–water partition coefficient (Wildman–Crippen LogP) is 5.41. The van der Waals surface area contributed by atoms with Crippen molar-refractivity contribution in [2.75, 3.05) is 14.2 Å². The number of fused-ring (bicyclic) bond motifs is 1. The zero-order chi connectivity index (χ0) is 23.5. The summed E-state index contributed by atoms with van der Waals surface area (Å²) in [5.74, 6) is -0.511. The second kappa shape index (κ2) is 9.52. The Morgan fingerprint density at radius 1 is 0.939 bits per heavy atom. The van der Waals surface area contributed by atoms with Crippen molar-refractivity contribution >= 4 is 46.0 Å². The minimum Gasteiger partial charge on any atom is -0.497 e. The number of esters is 2. The van der Waals surface area contributed by atoms with Crippen LogP contribution in [-0.2, 0) is 11.3 Å². The lowest BCUT2D eigenvalue weighted by Crippen LogP contribution is -2.11. The van der Waals surface area contributed by atoms with Crippen LogP contribution in [0.15, 0.2) is 60.7 Å². The van der Waals surface area contributed by atoms with Gasteiger partial charge in [0.25, 0.3) is 0 Å². The molecule has 4 aromatic rings. The van der Waals surface area contributed by atoms with Crippen LogP contribution in [-0.4, -0.2) is 35.9 Å². The third-order valence-electron chi connectivity index (χ3n) is 4.96. The maximum absolute atomic E-state index is 12.9. The van der Waals surface area contributed by atoms with Crippen LogP contribution in [0, 0.1) is 0 Å². The highest BCUT2D eigenvalue weighted by Crippen LogP contribution is 2.32. The second-order valence-corrected chi connectivity index (χ2v) is 7.84. The average Bonchev–Trinajstić information content (AvgIpc) is 3.14. The van der Waals surface area contributed by atoms with Crippen molar-refractivity contribution in [2.45, 2.75) is 6.54 Å². The third-order valence-corrected chi connectivity index (χ3v) is 5.59. The van der Waals surface area contributed by atoms with E-state index < -0.39 is 11.9 Å². The van der Waals surface area contributed by atoms with E-state index in [0.29, 0.717) is 28.8 Å². The van der Waals surface area contributed by atoms with Crippen molar-refractivity contribution in [2.24, 2.45) is 0 Å². The summed E-state index contributed by atoms with van der Waals surface area (Å²) in [5.41, 5.74) is 1.99. The first-order valence-electron chi connectivity index (χ1n) is 9.79. The fourth-order valence-electron chi connectivity index (χ4n) is 3.37. The first kappa shape index (κ1) is 22.6. The smallest absolute Gasteiger partial charge is 0.347 e. The Labute approximate surface area is 199 Å². The molecule has 0 aliphatic rings.